The lowest BCUT2D eigenvalue weighted by Gasteiger charge is -2.10. The van der Waals surface area contributed by atoms with Crippen LogP contribution in [-0.2, 0) is 16.2 Å². The van der Waals surface area contributed by atoms with Crippen LogP contribution in [0.1, 0.15) is 37.7 Å². The first kappa shape index (κ1) is 12.6. The van der Waals surface area contributed by atoms with E-state index in [0.29, 0.717) is 0 Å². The minimum Gasteiger partial charge on any atom is -0.428 e. The van der Waals surface area contributed by atoms with Crippen LogP contribution >= 0.6 is 0 Å². The summed E-state index contributed by atoms with van der Waals surface area (Å²) in [5.41, 5.74) is 1.89. The Morgan fingerprint density at radius 1 is 1.11 bits per heavy atom. The molecular formula is C14H17NO3. The Balaban J connectivity index is 1.72. The van der Waals surface area contributed by atoms with E-state index in [4.69, 9.17) is 9.57 Å². The van der Waals surface area contributed by atoms with E-state index in [0.717, 1.165) is 37.0 Å². The monoisotopic (exact) mass is 247 g/mol. The summed E-state index contributed by atoms with van der Waals surface area (Å²) >= 11 is 0. The van der Waals surface area contributed by atoms with E-state index in [1.165, 1.54) is 6.42 Å². The van der Waals surface area contributed by atoms with Crippen LogP contribution in [0, 0.1) is 0 Å². The van der Waals surface area contributed by atoms with Crippen molar-refractivity contribution < 1.29 is 14.4 Å². The predicted molar refractivity (Wildman–Crippen MR) is 68.2 cm³/mol. The summed E-state index contributed by atoms with van der Waals surface area (Å²) in [6.07, 6.45) is 4.59. The Morgan fingerprint density at radius 3 is 2.56 bits per heavy atom. The van der Waals surface area contributed by atoms with Crippen LogP contribution in [0.5, 0.6) is 0 Å². The van der Waals surface area contributed by atoms with Gasteiger partial charge < -0.3 is 4.74 Å². The molecule has 1 fully saturated rings. The quantitative estimate of drug-likeness (QED) is 0.465. The maximum absolute atomic E-state index is 11.3. The minimum atomic E-state index is -0.739. The van der Waals surface area contributed by atoms with Gasteiger partial charge >= 0.3 is 6.16 Å². The van der Waals surface area contributed by atoms with E-state index >= 15 is 0 Å². The first-order chi connectivity index (χ1) is 8.84. The Bertz CT molecular complexity index is 406. The third kappa shape index (κ3) is 4.20. The number of ether oxygens (including phenoxy) is 1. The molecule has 1 aliphatic rings. The maximum Gasteiger partial charge on any atom is 0.535 e. The van der Waals surface area contributed by atoms with Crippen molar-refractivity contribution in [3.63, 3.8) is 0 Å². The first-order valence-corrected chi connectivity index (χ1v) is 6.28. The second kappa shape index (κ2) is 6.79. The van der Waals surface area contributed by atoms with Crippen LogP contribution < -0.4 is 0 Å². The lowest BCUT2D eigenvalue weighted by molar-refractivity contribution is 0.0515. The standard InChI is InChI=1S/C14H17NO3/c16-14(17-11-12-7-3-1-4-8-12)18-15-13-9-5-2-6-10-13/h1,3-4,7-8H,2,5-6,9-11H2. The molecule has 1 aromatic rings. The number of carbonyl (C=O) groups is 1. The number of oxime groups is 1. The van der Waals surface area contributed by atoms with Crippen LogP contribution in [0.4, 0.5) is 4.79 Å². The molecule has 0 spiro atoms. The van der Waals surface area contributed by atoms with Gasteiger partial charge in [0.25, 0.3) is 0 Å². The van der Waals surface area contributed by atoms with Crippen molar-refractivity contribution in [2.45, 2.75) is 38.7 Å². The zero-order valence-electron chi connectivity index (χ0n) is 10.3. The fourth-order valence-corrected chi connectivity index (χ4v) is 1.90. The van der Waals surface area contributed by atoms with Crippen molar-refractivity contribution in [3.8, 4) is 0 Å². The highest BCUT2D eigenvalue weighted by atomic mass is 16.8. The summed E-state index contributed by atoms with van der Waals surface area (Å²) < 4.78 is 4.95. The Hall–Kier alpha value is -1.84. The van der Waals surface area contributed by atoms with Gasteiger partial charge in [0.05, 0.1) is 5.71 Å². The molecule has 0 aromatic heterocycles. The zero-order valence-corrected chi connectivity index (χ0v) is 10.3. The average molecular weight is 247 g/mol. The molecule has 0 amide bonds. The molecule has 0 N–H and O–H groups in total. The summed E-state index contributed by atoms with van der Waals surface area (Å²) in [6, 6.07) is 9.48. The molecule has 0 heterocycles. The third-order valence-electron chi connectivity index (χ3n) is 2.88. The Morgan fingerprint density at radius 2 is 1.83 bits per heavy atom. The minimum absolute atomic E-state index is 0.213. The second-order valence-electron chi connectivity index (χ2n) is 4.33. The van der Waals surface area contributed by atoms with Gasteiger partial charge in [-0.05, 0) is 31.2 Å². The molecule has 18 heavy (non-hydrogen) atoms. The van der Waals surface area contributed by atoms with Gasteiger partial charge in [0.1, 0.15) is 6.61 Å². The van der Waals surface area contributed by atoms with Crippen molar-refractivity contribution >= 4 is 11.9 Å². The summed E-state index contributed by atoms with van der Waals surface area (Å²) in [5, 5.41) is 3.84. The molecule has 96 valence electrons. The molecule has 1 saturated carbocycles. The number of hydrogen-bond donors (Lipinski definition) is 0. The number of hydrogen-bond acceptors (Lipinski definition) is 4. The van der Waals surface area contributed by atoms with Gasteiger partial charge in [-0.3, -0.25) is 4.84 Å². The van der Waals surface area contributed by atoms with Gasteiger partial charge in [0.15, 0.2) is 0 Å². The van der Waals surface area contributed by atoms with Gasteiger partial charge in [-0.2, -0.15) is 0 Å². The highest BCUT2D eigenvalue weighted by molar-refractivity contribution is 5.85. The Kier molecular flexibility index (Phi) is 4.76. The summed E-state index contributed by atoms with van der Waals surface area (Å²) in [5.74, 6) is 0. The molecule has 0 saturated heterocycles. The summed E-state index contributed by atoms with van der Waals surface area (Å²) in [4.78, 5) is 16.0. The molecule has 2 rings (SSSR count). The fourth-order valence-electron chi connectivity index (χ4n) is 1.90. The van der Waals surface area contributed by atoms with Crippen LogP contribution in [0.2, 0.25) is 0 Å². The number of benzene rings is 1. The highest BCUT2D eigenvalue weighted by Gasteiger charge is 2.09. The van der Waals surface area contributed by atoms with Crippen molar-refractivity contribution in [2.24, 2.45) is 5.16 Å². The molecule has 0 radical (unpaired) electrons. The van der Waals surface area contributed by atoms with Gasteiger partial charge in [-0.1, -0.05) is 41.9 Å². The lowest BCUT2D eigenvalue weighted by atomic mass is 9.99. The smallest absolute Gasteiger partial charge is 0.428 e. The van der Waals surface area contributed by atoms with Crippen molar-refractivity contribution in [2.75, 3.05) is 0 Å². The molecule has 1 aromatic carbocycles. The van der Waals surface area contributed by atoms with Crippen molar-refractivity contribution in [3.05, 3.63) is 35.9 Å². The number of carbonyl (C=O) groups excluding carboxylic acids is 1. The van der Waals surface area contributed by atoms with Crippen LogP contribution in [0.15, 0.2) is 35.5 Å². The lowest BCUT2D eigenvalue weighted by Crippen LogP contribution is -2.09. The van der Waals surface area contributed by atoms with E-state index in [1.807, 2.05) is 30.3 Å². The van der Waals surface area contributed by atoms with E-state index in [2.05, 4.69) is 5.16 Å². The zero-order chi connectivity index (χ0) is 12.6. The van der Waals surface area contributed by atoms with E-state index in [9.17, 15) is 4.79 Å². The third-order valence-corrected chi connectivity index (χ3v) is 2.88. The summed E-state index contributed by atoms with van der Waals surface area (Å²) in [6.45, 7) is 0.213. The van der Waals surface area contributed by atoms with Gasteiger partial charge in [0.2, 0.25) is 0 Å². The van der Waals surface area contributed by atoms with E-state index in [-0.39, 0.29) is 6.61 Å². The maximum atomic E-state index is 11.3. The van der Waals surface area contributed by atoms with Crippen molar-refractivity contribution in [1.29, 1.82) is 0 Å². The van der Waals surface area contributed by atoms with E-state index < -0.39 is 6.16 Å². The molecular weight excluding hydrogens is 230 g/mol. The molecule has 4 nitrogen and oxygen atoms in total. The van der Waals surface area contributed by atoms with Crippen LogP contribution in [0.3, 0.4) is 0 Å². The summed E-state index contributed by atoms with van der Waals surface area (Å²) in [7, 11) is 0. The number of rotatable bonds is 3. The highest BCUT2D eigenvalue weighted by Crippen LogP contribution is 2.15. The van der Waals surface area contributed by atoms with Crippen LogP contribution in [0.25, 0.3) is 0 Å². The predicted octanol–water partition coefficient (Wildman–Crippen LogP) is 3.66. The second-order valence-corrected chi connectivity index (χ2v) is 4.33. The number of nitrogens with zero attached hydrogens (tertiary/aromatic N) is 1. The SMILES string of the molecule is O=C(OCc1ccccc1)ON=C1CCCCC1. The normalized spacial score (nSPS) is 15.0. The van der Waals surface area contributed by atoms with Gasteiger partial charge in [-0.25, -0.2) is 4.79 Å². The van der Waals surface area contributed by atoms with Crippen molar-refractivity contribution in [1.82, 2.24) is 0 Å². The van der Waals surface area contributed by atoms with E-state index in [1.54, 1.807) is 0 Å². The molecule has 1 aliphatic carbocycles. The average Bonchev–Trinajstić information content (AvgIpc) is 2.45. The molecule has 0 aliphatic heterocycles. The molecule has 0 atom stereocenters. The fraction of sp³-hybridized carbons (Fsp3) is 0.429. The van der Waals surface area contributed by atoms with Gasteiger partial charge in [-0.15, -0.1) is 0 Å². The first-order valence-electron chi connectivity index (χ1n) is 6.28. The van der Waals surface area contributed by atoms with Gasteiger partial charge in [0, 0.05) is 0 Å². The molecule has 4 heteroatoms. The largest absolute Gasteiger partial charge is 0.535 e. The molecule has 0 bridgehead atoms. The van der Waals surface area contributed by atoms with Crippen LogP contribution in [-0.4, -0.2) is 11.9 Å². The Labute approximate surface area is 107 Å². The molecule has 0 unspecified atom stereocenters. The topological polar surface area (TPSA) is 47.9 Å².